The molecule has 8 heteroatoms. The molecule has 0 saturated carbocycles. The molecular weight excluding hydrogens is 338 g/mol. The van der Waals surface area contributed by atoms with Crippen LogP contribution in [-0.2, 0) is 16.0 Å². The number of esters is 1. The van der Waals surface area contributed by atoms with Crippen LogP contribution in [0.1, 0.15) is 65.2 Å². The van der Waals surface area contributed by atoms with Crippen molar-refractivity contribution in [3.8, 4) is 0 Å². The average molecular weight is 357 g/mol. The molecule has 0 saturated heterocycles. The standard InChI is InChI=1S/C18H19N3O5/c1-3-6-14-19-16(26-20-14)11(2)25-15(22)9-10-21-17(23)12-7-4-5-8-13(12)18(21)24/h4-5,7-8,11H,3,6,9-10H2,1-2H3. The first-order valence-electron chi connectivity index (χ1n) is 8.48. The summed E-state index contributed by atoms with van der Waals surface area (Å²) >= 11 is 0. The van der Waals surface area contributed by atoms with Gasteiger partial charge in [0.2, 0.25) is 0 Å². The summed E-state index contributed by atoms with van der Waals surface area (Å²) < 4.78 is 10.3. The zero-order valence-electron chi connectivity index (χ0n) is 14.6. The number of benzene rings is 1. The summed E-state index contributed by atoms with van der Waals surface area (Å²) in [4.78, 5) is 41.8. The Balaban J connectivity index is 1.54. The fraction of sp³-hybridized carbons (Fsp3) is 0.389. The van der Waals surface area contributed by atoms with Gasteiger partial charge < -0.3 is 9.26 Å². The molecule has 2 aromatic rings. The molecule has 0 radical (unpaired) electrons. The van der Waals surface area contributed by atoms with E-state index in [0.717, 1.165) is 11.3 Å². The molecule has 2 amide bonds. The number of hydrogen-bond acceptors (Lipinski definition) is 7. The van der Waals surface area contributed by atoms with Crippen molar-refractivity contribution in [1.82, 2.24) is 15.0 Å². The maximum Gasteiger partial charge on any atom is 0.308 e. The number of carbonyl (C=O) groups excluding carboxylic acids is 3. The fourth-order valence-electron chi connectivity index (χ4n) is 2.71. The highest BCUT2D eigenvalue weighted by Gasteiger charge is 2.35. The van der Waals surface area contributed by atoms with Crippen LogP contribution in [-0.4, -0.2) is 39.4 Å². The van der Waals surface area contributed by atoms with Gasteiger partial charge in [0, 0.05) is 13.0 Å². The Morgan fingerprint density at radius 3 is 2.50 bits per heavy atom. The first-order chi connectivity index (χ1) is 12.5. The highest BCUT2D eigenvalue weighted by atomic mass is 16.6. The van der Waals surface area contributed by atoms with Crippen LogP contribution in [0, 0.1) is 0 Å². The molecule has 8 nitrogen and oxygen atoms in total. The van der Waals surface area contributed by atoms with Gasteiger partial charge in [0.15, 0.2) is 11.9 Å². The Kier molecular flexibility index (Phi) is 5.11. The normalized spacial score (nSPS) is 14.5. The second-order valence-electron chi connectivity index (χ2n) is 5.99. The Hall–Kier alpha value is -3.03. The molecule has 136 valence electrons. The van der Waals surface area contributed by atoms with Crippen molar-refractivity contribution in [2.75, 3.05) is 6.54 Å². The van der Waals surface area contributed by atoms with Gasteiger partial charge in [-0.1, -0.05) is 24.2 Å². The molecule has 1 aliphatic rings. The molecule has 0 spiro atoms. The second kappa shape index (κ2) is 7.47. The van der Waals surface area contributed by atoms with Crippen molar-refractivity contribution in [2.45, 2.75) is 39.2 Å². The van der Waals surface area contributed by atoms with Gasteiger partial charge in [-0.05, 0) is 25.5 Å². The first kappa shape index (κ1) is 17.8. The summed E-state index contributed by atoms with van der Waals surface area (Å²) in [6, 6.07) is 6.58. The lowest BCUT2D eigenvalue weighted by Gasteiger charge is -2.14. The number of aromatic nitrogens is 2. The van der Waals surface area contributed by atoms with Crippen LogP contribution < -0.4 is 0 Å². The number of imide groups is 1. The van der Waals surface area contributed by atoms with Gasteiger partial charge in [0.1, 0.15) is 0 Å². The highest BCUT2D eigenvalue weighted by molar-refractivity contribution is 6.21. The predicted octanol–water partition coefficient (Wildman–Crippen LogP) is 2.31. The monoisotopic (exact) mass is 357 g/mol. The molecule has 26 heavy (non-hydrogen) atoms. The van der Waals surface area contributed by atoms with Crippen LogP contribution in [0.25, 0.3) is 0 Å². The molecule has 0 bridgehead atoms. The third-order valence-electron chi connectivity index (χ3n) is 4.03. The van der Waals surface area contributed by atoms with E-state index >= 15 is 0 Å². The molecule has 0 fully saturated rings. The lowest BCUT2D eigenvalue weighted by molar-refractivity contribution is -0.149. The minimum absolute atomic E-state index is 0.0389. The largest absolute Gasteiger partial charge is 0.452 e. The van der Waals surface area contributed by atoms with E-state index in [2.05, 4.69) is 10.1 Å². The first-order valence-corrected chi connectivity index (χ1v) is 8.48. The number of carbonyl (C=O) groups is 3. The number of amides is 2. The summed E-state index contributed by atoms with van der Waals surface area (Å²) in [6.45, 7) is 3.59. The number of ether oxygens (including phenoxy) is 1. The Morgan fingerprint density at radius 2 is 1.88 bits per heavy atom. The van der Waals surface area contributed by atoms with Crippen molar-refractivity contribution in [2.24, 2.45) is 0 Å². The molecule has 1 aromatic heterocycles. The van der Waals surface area contributed by atoms with Crippen molar-refractivity contribution in [3.63, 3.8) is 0 Å². The van der Waals surface area contributed by atoms with E-state index in [-0.39, 0.29) is 18.9 Å². The van der Waals surface area contributed by atoms with E-state index in [0.29, 0.717) is 23.4 Å². The SMILES string of the molecule is CCCc1noc(C(C)OC(=O)CCN2C(=O)c3ccccc3C2=O)n1. The topological polar surface area (TPSA) is 103 Å². The fourth-order valence-corrected chi connectivity index (χ4v) is 2.71. The second-order valence-corrected chi connectivity index (χ2v) is 5.99. The predicted molar refractivity (Wildman–Crippen MR) is 89.2 cm³/mol. The summed E-state index contributed by atoms with van der Waals surface area (Å²) in [5, 5.41) is 3.81. The maximum atomic E-state index is 12.2. The van der Waals surface area contributed by atoms with Crippen LogP contribution in [0.5, 0.6) is 0 Å². The molecule has 2 heterocycles. The summed E-state index contributed by atoms with van der Waals surface area (Å²) in [5.41, 5.74) is 0.710. The number of hydrogen-bond donors (Lipinski definition) is 0. The molecule has 1 aliphatic heterocycles. The van der Waals surface area contributed by atoms with Crippen molar-refractivity contribution < 1.29 is 23.6 Å². The van der Waals surface area contributed by atoms with E-state index in [1.54, 1.807) is 31.2 Å². The van der Waals surface area contributed by atoms with Gasteiger partial charge >= 0.3 is 5.97 Å². The molecule has 1 aromatic carbocycles. The zero-order valence-corrected chi connectivity index (χ0v) is 14.6. The lowest BCUT2D eigenvalue weighted by Crippen LogP contribution is -2.32. The smallest absolute Gasteiger partial charge is 0.308 e. The zero-order chi connectivity index (χ0) is 18.7. The quantitative estimate of drug-likeness (QED) is 0.553. The number of nitrogens with zero attached hydrogens (tertiary/aromatic N) is 3. The van der Waals surface area contributed by atoms with Crippen molar-refractivity contribution >= 4 is 17.8 Å². The molecule has 3 rings (SSSR count). The maximum absolute atomic E-state index is 12.2. The van der Waals surface area contributed by atoms with E-state index in [1.165, 1.54) is 0 Å². The van der Waals surface area contributed by atoms with Crippen LogP contribution in [0.3, 0.4) is 0 Å². The number of rotatable bonds is 7. The summed E-state index contributed by atoms with van der Waals surface area (Å²) in [6.07, 6.45) is 0.770. The van der Waals surface area contributed by atoms with Gasteiger partial charge in [-0.25, -0.2) is 0 Å². The summed E-state index contributed by atoms with van der Waals surface area (Å²) in [7, 11) is 0. The van der Waals surface area contributed by atoms with Gasteiger partial charge in [-0.3, -0.25) is 19.3 Å². The van der Waals surface area contributed by atoms with Crippen LogP contribution in [0.2, 0.25) is 0 Å². The number of aryl methyl sites for hydroxylation is 1. The van der Waals surface area contributed by atoms with E-state index in [1.807, 2.05) is 6.92 Å². The highest BCUT2D eigenvalue weighted by Crippen LogP contribution is 2.23. The Bertz CT molecular complexity index is 810. The molecule has 0 aliphatic carbocycles. The van der Waals surface area contributed by atoms with Gasteiger partial charge in [-0.2, -0.15) is 4.98 Å². The number of fused-ring (bicyclic) bond motifs is 1. The molecular formula is C18H19N3O5. The lowest BCUT2D eigenvalue weighted by atomic mass is 10.1. The van der Waals surface area contributed by atoms with Gasteiger partial charge in [-0.15, -0.1) is 0 Å². The molecule has 1 atom stereocenters. The van der Waals surface area contributed by atoms with E-state index in [4.69, 9.17) is 9.26 Å². The van der Waals surface area contributed by atoms with Crippen molar-refractivity contribution in [1.29, 1.82) is 0 Å². The van der Waals surface area contributed by atoms with Gasteiger partial charge in [0.05, 0.1) is 17.5 Å². The van der Waals surface area contributed by atoms with E-state index in [9.17, 15) is 14.4 Å². The Labute approximate surface area is 150 Å². The van der Waals surface area contributed by atoms with Crippen molar-refractivity contribution in [3.05, 3.63) is 47.1 Å². The minimum Gasteiger partial charge on any atom is -0.452 e. The third kappa shape index (κ3) is 3.49. The van der Waals surface area contributed by atoms with Crippen LogP contribution >= 0.6 is 0 Å². The van der Waals surface area contributed by atoms with Crippen LogP contribution in [0.4, 0.5) is 0 Å². The summed E-state index contributed by atoms with van der Waals surface area (Å²) in [5.74, 6) is -0.552. The van der Waals surface area contributed by atoms with E-state index < -0.39 is 23.9 Å². The van der Waals surface area contributed by atoms with Gasteiger partial charge in [0.25, 0.3) is 17.7 Å². The Morgan fingerprint density at radius 1 is 1.23 bits per heavy atom. The molecule has 0 N–H and O–H groups in total. The van der Waals surface area contributed by atoms with Crippen LogP contribution in [0.15, 0.2) is 28.8 Å². The average Bonchev–Trinajstić information content (AvgIpc) is 3.19. The minimum atomic E-state index is -0.692. The molecule has 1 unspecified atom stereocenters. The third-order valence-corrected chi connectivity index (χ3v) is 4.03.